The summed E-state index contributed by atoms with van der Waals surface area (Å²) in [5, 5.41) is 9.78. The highest BCUT2D eigenvalue weighted by Gasteiger charge is 2.35. The van der Waals surface area contributed by atoms with Crippen LogP contribution >= 0.6 is 0 Å². The molecule has 1 fully saturated rings. The van der Waals surface area contributed by atoms with Crippen molar-refractivity contribution in [2.75, 3.05) is 0 Å². The largest absolute Gasteiger partial charge is 0.393 e. The second-order valence-electron chi connectivity index (χ2n) is 4.95. The molecule has 3 unspecified atom stereocenters. The van der Waals surface area contributed by atoms with Crippen molar-refractivity contribution < 1.29 is 5.11 Å². The minimum atomic E-state index is -0.0302. The lowest BCUT2D eigenvalue weighted by molar-refractivity contribution is 0.107. The maximum absolute atomic E-state index is 9.78. The lowest BCUT2D eigenvalue weighted by Crippen LogP contribution is -2.18. The van der Waals surface area contributed by atoms with Gasteiger partial charge in [0.2, 0.25) is 0 Å². The van der Waals surface area contributed by atoms with Crippen LogP contribution in [0.15, 0.2) is 0 Å². The van der Waals surface area contributed by atoms with E-state index in [1.165, 1.54) is 6.42 Å². The van der Waals surface area contributed by atoms with Gasteiger partial charge in [0, 0.05) is 0 Å². The summed E-state index contributed by atoms with van der Waals surface area (Å²) in [7, 11) is 0. The summed E-state index contributed by atoms with van der Waals surface area (Å²) in [6.07, 6.45) is 2.23. The second-order valence-corrected chi connectivity index (χ2v) is 4.95. The predicted octanol–water partition coefficient (Wildman–Crippen LogP) is 2.69. The molecule has 0 aromatic carbocycles. The van der Waals surface area contributed by atoms with Gasteiger partial charge < -0.3 is 5.11 Å². The minimum absolute atomic E-state index is 0.0302. The molecular weight excluding hydrogens is 148 g/mol. The molecule has 0 aromatic rings. The van der Waals surface area contributed by atoms with E-state index in [4.69, 9.17) is 0 Å². The van der Waals surface area contributed by atoms with E-state index in [0.29, 0.717) is 11.8 Å². The van der Waals surface area contributed by atoms with E-state index in [-0.39, 0.29) is 6.10 Å². The molecule has 0 amide bonds. The van der Waals surface area contributed by atoms with Gasteiger partial charge in [-0.1, -0.05) is 27.7 Å². The van der Waals surface area contributed by atoms with Gasteiger partial charge in [0.05, 0.1) is 6.10 Å². The van der Waals surface area contributed by atoms with E-state index in [2.05, 4.69) is 27.7 Å². The van der Waals surface area contributed by atoms with E-state index in [1.807, 2.05) is 0 Å². The van der Waals surface area contributed by atoms with Crippen molar-refractivity contribution in [3.05, 3.63) is 0 Å². The predicted molar refractivity (Wildman–Crippen MR) is 51.9 cm³/mol. The molecule has 1 rings (SSSR count). The molecule has 0 bridgehead atoms. The maximum Gasteiger partial charge on any atom is 0.0573 e. The highest BCUT2D eigenvalue weighted by atomic mass is 16.3. The Hall–Kier alpha value is -0.0400. The Balaban J connectivity index is 2.50. The highest BCUT2D eigenvalue weighted by molar-refractivity contribution is 4.85. The standard InChI is InChI=1S/C11H22O/c1-7(2)9-5-10(8(3)4)11(12)6-9/h7-12H,5-6H2,1-4H3. The summed E-state index contributed by atoms with van der Waals surface area (Å²) in [6.45, 7) is 8.97. The van der Waals surface area contributed by atoms with Crippen LogP contribution in [0.2, 0.25) is 0 Å². The Labute approximate surface area is 76.2 Å². The molecule has 0 heterocycles. The minimum Gasteiger partial charge on any atom is -0.393 e. The molecule has 72 valence electrons. The van der Waals surface area contributed by atoms with Crippen LogP contribution in [0.3, 0.4) is 0 Å². The maximum atomic E-state index is 9.78. The smallest absolute Gasteiger partial charge is 0.0573 e. The van der Waals surface area contributed by atoms with Gasteiger partial charge in [-0.2, -0.15) is 0 Å². The van der Waals surface area contributed by atoms with Crippen LogP contribution in [0, 0.1) is 23.7 Å². The molecule has 1 N–H and O–H groups in total. The topological polar surface area (TPSA) is 20.2 Å². The lowest BCUT2D eigenvalue weighted by Gasteiger charge is -2.18. The first-order chi connectivity index (χ1) is 5.52. The van der Waals surface area contributed by atoms with Crippen molar-refractivity contribution in [1.82, 2.24) is 0 Å². The summed E-state index contributed by atoms with van der Waals surface area (Å²) < 4.78 is 0. The SMILES string of the molecule is CC(C)C1CC(O)C(C(C)C)C1. The quantitative estimate of drug-likeness (QED) is 0.675. The van der Waals surface area contributed by atoms with Gasteiger partial charge in [-0.05, 0) is 36.5 Å². The zero-order valence-corrected chi connectivity index (χ0v) is 8.75. The molecule has 12 heavy (non-hydrogen) atoms. The Morgan fingerprint density at radius 2 is 1.58 bits per heavy atom. The van der Waals surface area contributed by atoms with E-state index in [0.717, 1.165) is 18.3 Å². The summed E-state index contributed by atoms with van der Waals surface area (Å²) in [4.78, 5) is 0. The van der Waals surface area contributed by atoms with E-state index < -0.39 is 0 Å². The van der Waals surface area contributed by atoms with Crippen molar-refractivity contribution >= 4 is 0 Å². The average molecular weight is 170 g/mol. The number of rotatable bonds is 2. The van der Waals surface area contributed by atoms with Crippen molar-refractivity contribution in [2.45, 2.75) is 46.6 Å². The van der Waals surface area contributed by atoms with Gasteiger partial charge in [0.15, 0.2) is 0 Å². The highest BCUT2D eigenvalue weighted by Crippen LogP contribution is 2.39. The van der Waals surface area contributed by atoms with Crippen molar-refractivity contribution in [1.29, 1.82) is 0 Å². The Bertz CT molecular complexity index is 140. The molecule has 1 aliphatic carbocycles. The van der Waals surface area contributed by atoms with Gasteiger partial charge >= 0.3 is 0 Å². The molecule has 1 nitrogen and oxygen atoms in total. The monoisotopic (exact) mass is 170 g/mol. The molecule has 1 aliphatic rings. The second kappa shape index (κ2) is 3.78. The van der Waals surface area contributed by atoms with Crippen LogP contribution in [0.5, 0.6) is 0 Å². The summed E-state index contributed by atoms with van der Waals surface area (Å²) in [5.41, 5.74) is 0. The van der Waals surface area contributed by atoms with Crippen LogP contribution in [0.4, 0.5) is 0 Å². The zero-order chi connectivity index (χ0) is 9.30. The number of hydrogen-bond acceptors (Lipinski definition) is 1. The van der Waals surface area contributed by atoms with Crippen LogP contribution in [0.25, 0.3) is 0 Å². The molecule has 0 spiro atoms. The van der Waals surface area contributed by atoms with Crippen LogP contribution in [-0.2, 0) is 0 Å². The Kier molecular flexibility index (Phi) is 3.16. The van der Waals surface area contributed by atoms with Gasteiger partial charge in [-0.3, -0.25) is 0 Å². The Morgan fingerprint density at radius 1 is 1.00 bits per heavy atom. The normalized spacial score (nSPS) is 36.8. The lowest BCUT2D eigenvalue weighted by atomic mass is 9.89. The third-order valence-electron chi connectivity index (χ3n) is 3.41. The van der Waals surface area contributed by atoms with Gasteiger partial charge in [0.1, 0.15) is 0 Å². The average Bonchev–Trinajstić information content (AvgIpc) is 2.30. The van der Waals surface area contributed by atoms with Crippen molar-refractivity contribution in [2.24, 2.45) is 23.7 Å². The molecule has 0 aromatic heterocycles. The first-order valence-electron chi connectivity index (χ1n) is 5.20. The molecule has 0 saturated heterocycles. The van der Waals surface area contributed by atoms with Crippen LogP contribution in [-0.4, -0.2) is 11.2 Å². The summed E-state index contributed by atoms with van der Waals surface area (Å²) in [5.74, 6) is 2.69. The van der Waals surface area contributed by atoms with Crippen molar-refractivity contribution in [3.8, 4) is 0 Å². The third-order valence-corrected chi connectivity index (χ3v) is 3.41. The summed E-state index contributed by atoms with van der Waals surface area (Å²) >= 11 is 0. The molecule has 3 atom stereocenters. The molecule has 0 aliphatic heterocycles. The van der Waals surface area contributed by atoms with E-state index in [9.17, 15) is 5.11 Å². The van der Waals surface area contributed by atoms with E-state index in [1.54, 1.807) is 0 Å². The van der Waals surface area contributed by atoms with Crippen LogP contribution < -0.4 is 0 Å². The fourth-order valence-electron chi connectivity index (χ4n) is 2.35. The Morgan fingerprint density at radius 3 is 1.83 bits per heavy atom. The third kappa shape index (κ3) is 2.01. The van der Waals surface area contributed by atoms with Crippen molar-refractivity contribution in [3.63, 3.8) is 0 Å². The van der Waals surface area contributed by atoms with Gasteiger partial charge in [-0.25, -0.2) is 0 Å². The molecule has 1 heteroatoms. The number of hydrogen-bond donors (Lipinski definition) is 1. The molecular formula is C11H22O. The first-order valence-corrected chi connectivity index (χ1v) is 5.20. The fourth-order valence-corrected chi connectivity index (χ4v) is 2.35. The number of aliphatic hydroxyl groups excluding tert-OH is 1. The molecule has 0 radical (unpaired) electrons. The summed E-state index contributed by atoms with van der Waals surface area (Å²) in [6, 6.07) is 0. The van der Waals surface area contributed by atoms with Crippen LogP contribution in [0.1, 0.15) is 40.5 Å². The van der Waals surface area contributed by atoms with Gasteiger partial charge in [-0.15, -0.1) is 0 Å². The van der Waals surface area contributed by atoms with E-state index >= 15 is 0 Å². The zero-order valence-electron chi connectivity index (χ0n) is 8.75. The molecule has 1 saturated carbocycles. The number of aliphatic hydroxyl groups is 1. The first kappa shape index (κ1) is 10.0. The van der Waals surface area contributed by atoms with Gasteiger partial charge in [0.25, 0.3) is 0 Å². The fraction of sp³-hybridized carbons (Fsp3) is 1.00.